The fourth-order valence-corrected chi connectivity index (χ4v) is 2.44. The maximum atomic E-state index is 11.4. The molecule has 6 heteroatoms. The Balaban J connectivity index is 2.16. The number of nitrogens with one attached hydrogen (secondary N) is 2. The second-order valence-corrected chi connectivity index (χ2v) is 5.79. The molecule has 0 fully saturated rings. The lowest BCUT2D eigenvalue weighted by molar-refractivity contribution is -0.384. The Morgan fingerprint density at radius 2 is 2.14 bits per heavy atom. The fraction of sp³-hybridized carbons (Fsp3) is 0.533. The average Bonchev–Trinajstić information content (AvgIpc) is 2.42. The summed E-state index contributed by atoms with van der Waals surface area (Å²) in [6, 6.07) is 3.25. The molecular formula is C15H21N3O3. The molecule has 1 aliphatic rings. The largest absolute Gasteiger partial charge is 0.379 e. The standard InChI is InChI=1S/C15H21N3O3/c1-10(2)4-3-7-16-13-9-12-11(5-6-15(19)17-12)8-14(13)18(20)21/h8-10,16H,3-7H2,1-2H3,(H,17,19). The van der Waals surface area contributed by atoms with Gasteiger partial charge in [0, 0.05) is 24.7 Å². The van der Waals surface area contributed by atoms with Gasteiger partial charge in [0.25, 0.3) is 5.69 Å². The van der Waals surface area contributed by atoms with E-state index in [9.17, 15) is 14.9 Å². The van der Waals surface area contributed by atoms with Gasteiger partial charge in [0.05, 0.1) is 4.92 Å². The molecule has 0 aromatic heterocycles. The van der Waals surface area contributed by atoms with Gasteiger partial charge in [-0.25, -0.2) is 0 Å². The average molecular weight is 291 g/mol. The lowest BCUT2D eigenvalue weighted by Crippen LogP contribution is -2.19. The van der Waals surface area contributed by atoms with Crippen molar-refractivity contribution in [3.05, 3.63) is 27.8 Å². The number of amides is 1. The predicted molar refractivity (Wildman–Crippen MR) is 82.6 cm³/mol. The molecule has 0 aliphatic carbocycles. The number of rotatable bonds is 6. The summed E-state index contributed by atoms with van der Waals surface area (Å²) in [6.07, 6.45) is 2.96. The Morgan fingerprint density at radius 1 is 1.38 bits per heavy atom. The van der Waals surface area contributed by atoms with E-state index < -0.39 is 0 Å². The molecule has 0 saturated heterocycles. The first-order chi connectivity index (χ1) is 9.97. The van der Waals surface area contributed by atoms with Gasteiger partial charge in [0.1, 0.15) is 5.69 Å². The summed E-state index contributed by atoms with van der Waals surface area (Å²) in [6.45, 7) is 4.99. The minimum atomic E-state index is -0.374. The second-order valence-electron chi connectivity index (χ2n) is 5.79. The van der Waals surface area contributed by atoms with E-state index in [-0.39, 0.29) is 16.5 Å². The van der Waals surface area contributed by atoms with Crippen molar-refractivity contribution in [2.24, 2.45) is 5.92 Å². The Labute approximate surface area is 124 Å². The van der Waals surface area contributed by atoms with E-state index in [4.69, 9.17) is 0 Å². The highest BCUT2D eigenvalue weighted by molar-refractivity contribution is 5.95. The highest BCUT2D eigenvalue weighted by atomic mass is 16.6. The Morgan fingerprint density at radius 3 is 2.81 bits per heavy atom. The highest BCUT2D eigenvalue weighted by Gasteiger charge is 2.22. The molecule has 1 aromatic carbocycles. The van der Waals surface area contributed by atoms with E-state index >= 15 is 0 Å². The first kappa shape index (κ1) is 15.3. The van der Waals surface area contributed by atoms with Crippen LogP contribution in [-0.2, 0) is 11.2 Å². The molecule has 0 radical (unpaired) electrons. The third kappa shape index (κ3) is 3.93. The van der Waals surface area contributed by atoms with E-state index in [0.717, 1.165) is 18.4 Å². The molecule has 0 spiro atoms. The van der Waals surface area contributed by atoms with Crippen LogP contribution in [0.4, 0.5) is 17.1 Å². The second kappa shape index (κ2) is 6.56. The summed E-state index contributed by atoms with van der Waals surface area (Å²) in [5.41, 5.74) is 2.07. The van der Waals surface area contributed by atoms with Crippen LogP contribution in [0.5, 0.6) is 0 Å². The van der Waals surface area contributed by atoms with Crippen LogP contribution in [0.25, 0.3) is 0 Å². The van der Waals surface area contributed by atoms with Crippen LogP contribution in [0.2, 0.25) is 0 Å². The quantitative estimate of drug-likeness (QED) is 0.478. The third-order valence-corrected chi connectivity index (χ3v) is 3.59. The number of aryl methyl sites for hydroxylation is 1. The van der Waals surface area contributed by atoms with Gasteiger partial charge in [0.15, 0.2) is 0 Å². The number of hydrogen-bond acceptors (Lipinski definition) is 4. The van der Waals surface area contributed by atoms with Gasteiger partial charge in [-0.3, -0.25) is 14.9 Å². The van der Waals surface area contributed by atoms with Crippen molar-refractivity contribution < 1.29 is 9.72 Å². The van der Waals surface area contributed by atoms with Crippen molar-refractivity contribution in [2.75, 3.05) is 17.2 Å². The molecule has 0 bridgehead atoms. The number of nitrogens with zero attached hydrogens (tertiary/aromatic N) is 1. The summed E-state index contributed by atoms with van der Waals surface area (Å²) in [5, 5.41) is 17.1. The first-order valence-electron chi connectivity index (χ1n) is 7.32. The Bertz CT molecular complexity index is 555. The molecule has 114 valence electrons. The van der Waals surface area contributed by atoms with Crippen LogP contribution in [-0.4, -0.2) is 17.4 Å². The molecule has 1 amide bonds. The number of carbonyl (C=O) groups excluding carboxylic acids is 1. The van der Waals surface area contributed by atoms with Crippen LogP contribution >= 0.6 is 0 Å². The molecule has 2 N–H and O–H groups in total. The molecular weight excluding hydrogens is 270 g/mol. The topological polar surface area (TPSA) is 84.3 Å². The Kier molecular flexibility index (Phi) is 4.77. The molecule has 1 aliphatic heterocycles. The van der Waals surface area contributed by atoms with E-state index in [2.05, 4.69) is 24.5 Å². The van der Waals surface area contributed by atoms with Gasteiger partial charge in [-0.15, -0.1) is 0 Å². The summed E-state index contributed by atoms with van der Waals surface area (Å²) in [4.78, 5) is 22.2. The van der Waals surface area contributed by atoms with Gasteiger partial charge in [0.2, 0.25) is 5.91 Å². The van der Waals surface area contributed by atoms with Crippen molar-refractivity contribution >= 4 is 23.0 Å². The van der Waals surface area contributed by atoms with E-state index in [1.54, 1.807) is 12.1 Å². The van der Waals surface area contributed by atoms with Gasteiger partial charge in [-0.1, -0.05) is 13.8 Å². The molecule has 1 aromatic rings. The zero-order chi connectivity index (χ0) is 15.4. The summed E-state index contributed by atoms with van der Waals surface area (Å²) in [5.74, 6) is 0.576. The van der Waals surface area contributed by atoms with E-state index in [1.165, 1.54) is 0 Å². The number of nitro groups is 1. The van der Waals surface area contributed by atoms with Crippen LogP contribution < -0.4 is 10.6 Å². The number of anilines is 2. The Hall–Kier alpha value is -2.11. The minimum Gasteiger partial charge on any atom is -0.379 e. The van der Waals surface area contributed by atoms with Crippen molar-refractivity contribution in [1.29, 1.82) is 0 Å². The smallest absolute Gasteiger partial charge is 0.292 e. The lowest BCUT2D eigenvalue weighted by atomic mass is 10.0. The van der Waals surface area contributed by atoms with E-state index in [0.29, 0.717) is 36.7 Å². The summed E-state index contributed by atoms with van der Waals surface area (Å²) in [7, 11) is 0. The van der Waals surface area contributed by atoms with Crippen molar-refractivity contribution in [3.63, 3.8) is 0 Å². The zero-order valence-electron chi connectivity index (χ0n) is 12.4. The van der Waals surface area contributed by atoms with Crippen LogP contribution in [0.1, 0.15) is 38.7 Å². The molecule has 0 saturated carbocycles. The fourth-order valence-electron chi connectivity index (χ4n) is 2.44. The minimum absolute atomic E-state index is 0.0397. The van der Waals surface area contributed by atoms with Crippen molar-refractivity contribution in [2.45, 2.75) is 39.5 Å². The monoisotopic (exact) mass is 291 g/mol. The zero-order valence-corrected chi connectivity index (χ0v) is 12.4. The first-order valence-corrected chi connectivity index (χ1v) is 7.32. The van der Waals surface area contributed by atoms with Crippen molar-refractivity contribution in [3.8, 4) is 0 Å². The van der Waals surface area contributed by atoms with Gasteiger partial charge in [-0.05, 0) is 36.8 Å². The van der Waals surface area contributed by atoms with Crippen LogP contribution in [0.15, 0.2) is 12.1 Å². The number of hydrogen-bond donors (Lipinski definition) is 2. The number of fused-ring (bicyclic) bond motifs is 1. The molecule has 0 unspecified atom stereocenters. The maximum absolute atomic E-state index is 11.4. The molecule has 2 rings (SSSR count). The third-order valence-electron chi connectivity index (χ3n) is 3.59. The van der Waals surface area contributed by atoms with Crippen molar-refractivity contribution in [1.82, 2.24) is 0 Å². The van der Waals surface area contributed by atoms with Gasteiger partial charge in [-0.2, -0.15) is 0 Å². The lowest BCUT2D eigenvalue weighted by Gasteiger charge is -2.18. The highest BCUT2D eigenvalue weighted by Crippen LogP contribution is 2.34. The summed E-state index contributed by atoms with van der Waals surface area (Å²) >= 11 is 0. The summed E-state index contributed by atoms with van der Waals surface area (Å²) < 4.78 is 0. The number of benzene rings is 1. The predicted octanol–water partition coefficient (Wildman–Crippen LogP) is 3.33. The van der Waals surface area contributed by atoms with Crippen LogP contribution in [0, 0.1) is 16.0 Å². The van der Waals surface area contributed by atoms with Gasteiger partial charge >= 0.3 is 0 Å². The van der Waals surface area contributed by atoms with Crippen LogP contribution in [0.3, 0.4) is 0 Å². The normalized spacial score (nSPS) is 13.8. The molecule has 6 nitrogen and oxygen atoms in total. The maximum Gasteiger partial charge on any atom is 0.292 e. The SMILES string of the molecule is CC(C)CCCNc1cc2c(cc1[N+](=O)[O-])CCC(=O)N2. The van der Waals surface area contributed by atoms with Gasteiger partial charge < -0.3 is 10.6 Å². The van der Waals surface area contributed by atoms with E-state index in [1.807, 2.05) is 0 Å². The number of carbonyl (C=O) groups is 1. The molecule has 0 atom stereocenters. The number of nitro benzene ring substituents is 1. The molecule has 21 heavy (non-hydrogen) atoms. The molecule has 1 heterocycles.